The second-order valence-corrected chi connectivity index (χ2v) is 6.84. The molecule has 1 fully saturated rings. The lowest BCUT2D eigenvalue weighted by Gasteiger charge is -2.15. The molecule has 0 spiro atoms. The van der Waals surface area contributed by atoms with E-state index in [2.05, 4.69) is 10.6 Å². The highest BCUT2D eigenvalue weighted by atomic mass is 16.5. The molecule has 0 bridgehead atoms. The Labute approximate surface area is 170 Å². The molecule has 0 unspecified atom stereocenters. The predicted molar refractivity (Wildman–Crippen MR) is 110 cm³/mol. The molecule has 0 aliphatic carbocycles. The van der Waals surface area contributed by atoms with E-state index in [0.29, 0.717) is 36.5 Å². The molecule has 0 radical (unpaired) electrons. The summed E-state index contributed by atoms with van der Waals surface area (Å²) < 4.78 is 5.44. The third kappa shape index (κ3) is 5.81. The summed E-state index contributed by atoms with van der Waals surface area (Å²) in [7, 11) is 0. The van der Waals surface area contributed by atoms with Gasteiger partial charge in [0.2, 0.25) is 5.91 Å². The number of carbonyl (C=O) groups is 3. The van der Waals surface area contributed by atoms with Crippen molar-refractivity contribution < 1.29 is 19.1 Å². The molecule has 1 heterocycles. The lowest BCUT2D eigenvalue weighted by Crippen LogP contribution is -2.28. The highest BCUT2D eigenvalue weighted by Crippen LogP contribution is 2.19. The molecule has 3 rings (SSSR count). The van der Waals surface area contributed by atoms with Crippen LogP contribution in [0.15, 0.2) is 48.5 Å². The standard InChI is InChI=1S/C22H25N3O4/c1-2-23-20(26)15-29-19-6-3-5-18(13-19)24-22(28)17-10-8-16(9-11-17)14-25-12-4-7-21(25)27/h3,5-6,8-11,13H,2,4,7,12,14-15H2,1H3,(H,23,26)(H,24,28). The van der Waals surface area contributed by atoms with Crippen LogP contribution in [0, 0.1) is 0 Å². The van der Waals surface area contributed by atoms with Crippen molar-refractivity contribution in [3.8, 4) is 5.75 Å². The summed E-state index contributed by atoms with van der Waals surface area (Å²) in [5, 5.41) is 5.49. The summed E-state index contributed by atoms with van der Waals surface area (Å²) in [6, 6.07) is 14.1. The average Bonchev–Trinajstić information content (AvgIpc) is 3.12. The number of anilines is 1. The maximum atomic E-state index is 12.5. The van der Waals surface area contributed by atoms with Gasteiger partial charge in [0.05, 0.1) is 0 Å². The molecule has 1 saturated heterocycles. The number of nitrogens with zero attached hydrogens (tertiary/aromatic N) is 1. The molecule has 1 aliphatic rings. The van der Waals surface area contributed by atoms with E-state index in [1.54, 1.807) is 36.4 Å². The molecule has 0 aromatic heterocycles. The Hall–Kier alpha value is -3.35. The molecule has 1 aliphatic heterocycles. The first-order chi connectivity index (χ1) is 14.0. The molecule has 7 heteroatoms. The van der Waals surface area contributed by atoms with Crippen LogP contribution in [0.5, 0.6) is 5.75 Å². The molecule has 7 nitrogen and oxygen atoms in total. The van der Waals surface area contributed by atoms with Crippen molar-refractivity contribution in [2.24, 2.45) is 0 Å². The topological polar surface area (TPSA) is 87.7 Å². The minimum absolute atomic E-state index is 0.0772. The maximum absolute atomic E-state index is 12.5. The molecule has 2 N–H and O–H groups in total. The van der Waals surface area contributed by atoms with E-state index in [0.717, 1.165) is 18.5 Å². The van der Waals surface area contributed by atoms with Crippen LogP contribution in [-0.4, -0.2) is 42.3 Å². The second-order valence-electron chi connectivity index (χ2n) is 6.84. The van der Waals surface area contributed by atoms with Crippen LogP contribution in [0.25, 0.3) is 0 Å². The van der Waals surface area contributed by atoms with E-state index in [1.165, 1.54) is 0 Å². The smallest absolute Gasteiger partial charge is 0.257 e. The Bertz CT molecular complexity index is 880. The number of ether oxygens (including phenoxy) is 1. The number of amides is 3. The predicted octanol–water partition coefficient (Wildman–Crippen LogP) is 2.58. The molecule has 2 aromatic carbocycles. The number of nitrogens with one attached hydrogen (secondary N) is 2. The van der Waals surface area contributed by atoms with Gasteiger partial charge in [-0.1, -0.05) is 18.2 Å². The first kappa shape index (κ1) is 20.4. The van der Waals surface area contributed by atoms with Gasteiger partial charge in [0.1, 0.15) is 5.75 Å². The molecule has 3 amide bonds. The van der Waals surface area contributed by atoms with Crippen LogP contribution in [0.1, 0.15) is 35.7 Å². The zero-order valence-corrected chi connectivity index (χ0v) is 16.4. The Balaban J connectivity index is 1.56. The third-order valence-electron chi connectivity index (χ3n) is 4.60. The van der Waals surface area contributed by atoms with Crippen LogP contribution in [0.2, 0.25) is 0 Å². The van der Waals surface area contributed by atoms with Crippen molar-refractivity contribution in [2.75, 3.05) is 25.0 Å². The van der Waals surface area contributed by atoms with Gasteiger partial charge in [-0.3, -0.25) is 14.4 Å². The van der Waals surface area contributed by atoms with E-state index in [-0.39, 0.29) is 24.3 Å². The van der Waals surface area contributed by atoms with E-state index in [1.807, 2.05) is 24.0 Å². The summed E-state index contributed by atoms with van der Waals surface area (Å²) in [6.07, 6.45) is 1.53. The Morgan fingerprint density at radius 2 is 1.93 bits per heavy atom. The largest absolute Gasteiger partial charge is 0.484 e. The van der Waals surface area contributed by atoms with Gasteiger partial charge in [0.15, 0.2) is 6.61 Å². The highest BCUT2D eigenvalue weighted by Gasteiger charge is 2.20. The van der Waals surface area contributed by atoms with Gasteiger partial charge in [-0.05, 0) is 43.2 Å². The van der Waals surface area contributed by atoms with E-state index >= 15 is 0 Å². The maximum Gasteiger partial charge on any atom is 0.257 e. The molecule has 0 saturated carbocycles. The molecule has 0 atom stereocenters. The zero-order valence-electron chi connectivity index (χ0n) is 16.4. The van der Waals surface area contributed by atoms with Gasteiger partial charge in [-0.25, -0.2) is 0 Å². The minimum Gasteiger partial charge on any atom is -0.484 e. The first-order valence-electron chi connectivity index (χ1n) is 9.73. The van der Waals surface area contributed by atoms with Gasteiger partial charge in [0, 0.05) is 43.4 Å². The summed E-state index contributed by atoms with van der Waals surface area (Å²) >= 11 is 0. The molecule has 152 valence electrons. The second kappa shape index (κ2) is 9.73. The summed E-state index contributed by atoms with van der Waals surface area (Å²) in [5.74, 6) is 0.244. The Morgan fingerprint density at radius 3 is 2.62 bits per heavy atom. The highest BCUT2D eigenvalue weighted by molar-refractivity contribution is 6.04. The van der Waals surface area contributed by atoms with E-state index < -0.39 is 0 Å². The van der Waals surface area contributed by atoms with Crippen molar-refractivity contribution >= 4 is 23.4 Å². The van der Waals surface area contributed by atoms with Gasteiger partial charge >= 0.3 is 0 Å². The number of hydrogen-bond donors (Lipinski definition) is 2. The summed E-state index contributed by atoms with van der Waals surface area (Å²) in [4.78, 5) is 37.6. The number of hydrogen-bond acceptors (Lipinski definition) is 4. The van der Waals surface area contributed by atoms with E-state index in [9.17, 15) is 14.4 Å². The van der Waals surface area contributed by atoms with Gasteiger partial charge in [-0.15, -0.1) is 0 Å². The Kier molecular flexibility index (Phi) is 6.84. The van der Waals surface area contributed by atoms with Crippen LogP contribution < -0.4 is 15.4 Å². The lowest BCUT2D eigenvalue weighted by molar-refractivity contribution is -0.128. The minimum atomic E-state index is -0.241. The normalized spacial score (nSPS) is 13.3. The number of carbonyl (C=O) groups excluding carboxylic acids is 3. The fraction of sp³-hybridized carbons (Fsp3) is 0.318. The number of rotatable bonds is 8. The molecule has 2 aromatic rings. The van der Waals surface area contributed by atoms with Crippen LogP contribution in [0.3, 0.4) is 0 Å². The van der Waals surface area contributed by atoms with Crippen molar-refractivity contribution in [3.05, 3.63) is 59.7 Å². The Morgan fingerprint density at radius 1 is 1.14 bits per heavy atom. The van der Waals surface area contributed by atoms with Crippen molar-refractivity contribution in [2.45, 2.75) is 26.3 Å². The summed E-state index contributed by atoms with van der Waals surface area (Å²) in [5.41, 5.74) is 2.10. The fourth-order valence-electron chi connectivity index (χ4n) is 3.12. The fourth-order valence-corrected chi connectivity index (χ4v) is 3.12. The number of likely N-dealkylation sites (tertiary alicyclic amines) is 1. The van der Waals surface area contributed by atoms with E-state index in [4.69, 9.17) is 4.74 Å². The first-order valence-corrected chi connectivity index (χ1v) is 9.73. The SMILES string of the molecule is CCNC(=O)COc1cccc(NC(=O)c2ccc(CN3CCCC3=O)cc2)c1. The van der Waals surface area contributed by atoms with Gasteiger partial charge in [-0.2, -0.15) is 0 Å². The molecular formula is C22H25N3O4. The van der Waals surface area contributed by atoms with Crippen LogP contribution >= 0.6 is 0 Å². The number of benzene rings is 2. The molecular weight excluding hydrogens is 370 g/mol. The monoisotopic (exact) mass is 395 g/mol. The quantitative estimate of drug-likeness (QED) is 0.719. The van der Waals surface area contributed by atoms with Crippen LogP contribution in [0.4, 0.5) is 5.69 Å². The van der Waals surface area contributed by atoms with Crippen molar-refractivity contribution in [3.63, 3.8) is 0 Å². The van der Waals surface area contributed by atoms with Gasteiger partial charge < -0.3 is 20.3 Å². The number of likely N-dealkylation sites (N-methyl/N-ethyl adjacent to an activating group) is 1. The molecule has 29 heavy (non-hydrogen) atoms. The zero-order chi connectivity index (χ0) is 20.6. The lowest BCUT2D eigenvalue weighted by atomic mass is 10.1. The van der Waals surface area contributed by atoms with Crippen molar-refractivity contribution in [1.82, 2.24) is 10.2 Å². The summed E-state index contributed by atoms with van der Waals surface area (Å²) in [6.45, 7) is 3.68. The third-order valence-corrected chi connectivity index (χ3v) is 4.60. The van der Waals surface area contributed by atoms with Crippen LogP contribution in [-0.2, 0) is 16.1 Å². The average molecular weight is 395 g/mol. The van der Waals surface area contributed by atoms with Gasteiger partial charge in [0.25, 0.3) is 11.8 Å². The van der Waals surface area contributed by atoms with Crippen molar-refractivity contribution in [1.29, 1.82) is 0 Å².